The number of ether oxygens (including phenoxy) is 2. The molecule has 7 heteroatoms. The molecular weight excluding hydrogens is 374 g/mol. The van der Waals surface area contributed by atoms with Gasteiger partial charge in [-0.3, -0.25) is 9.36 Å². The van der Waals surface area contributed by atoms with E-state index in [1.54, 1.807) is 30.1 Å². The predicted molar refractivity (Wildman–Crippen MR) is 111 cm³/mol. The quantitative estimate of drug-likeness (QED) is 0.623. The van der Waals surface area contributed by atoms with E-state index < -0.39 is 0 Å². The van der Waals surface area contributed by atoms with Gasteiger partial charge in [-0.15, -0.1) is 0 Å². The lowest BCUT2D eigenvalue weighted by Gasteiger charge is -2.14. The zero-order valence-electron chi connectivity index (χ0n) is 16.5. The zero-order chi connectivity index (χ0) is 19.7. The first kappa shape index (κ1) is 18.9. The van der Waals surface area contributed by atoms with Gasteiger partial charge in [0.1, 0.15) is 17.3 Å². The number of hydrogen-bond donors (Lipinski definition) is 0. The number of methoxy groups -OCH3 is 2. The summed E-state index contributed by atoms with van der Waals surface area (Å²) in [5.41, 5.74) is 1.34. The standard InChI is InChI=1S/C21H25N3O3S/c1-4-17-22-20-18(23-19(28-20)13-7-5-6-8-13)21(25)24(17)12-14-9-10-15(26-2)11-16(14)27-3/h9-11,13H,4-8,12H2,1-3H3. The van der Waals surface area contributed by atoms with Crippen LogP contribution in [0.3, 0.4) is 0 Å². The molecule has 28 heavy (non-hydrogen) atoms. The first-order chi connectivity index (χ1) is 13.6. The molecule has 0 aliphatic heterocycles. The number of thiazole rings is 1. The van der Waals surface area contributed by atoms with Crippen molar-refractivity contribution in [3.8, 4) is 11.5 Å². The van der Waals surface area contributed by atoms with Crippen molar-refractivity contribution in [2.45, 2.75) is 51.5 Å². The second-order valence-electron chi connectivity index (χ2n) is 7.14. The maximum absolute atomic E-state index is 13.3. The van der Waals surface area contributed by atoms with Gasteiger partial charge in [-0.25, -0.2) is 9.97 Å². The Bertz CT molecular complexity index is 1050. The van der Waals surface area contributed by atoms with Gasteiger partial charge in [0.15, 0.2) is 10.3 Å². The third-order valence-electron chi connectivity index (χ3n) is 5.46. The molecule has 3 aromatic rings. The molecule has 2 heterocycles. The minimum absolute atomic E-state index is 0.0692. The van der Waals surface area contributed by atoms with Crippen LogP contribution in [0.4, 0.5) is 0 Å². The molecule has 0 N–H and O–H groups in total. The van der Waals surface area contributed by atoms with Gasteiger partial charge in [0.05, 0.1) is 25.8 Å². The van der Waals surface area contributed by atoms with Crippen molar-refractivity contribution >= 4 is 21.7 Å². The Morgan fingerprint density at radius 1 is 1.18 bits per heavy atom. The predicted octanol–water partition coefficient (Wildman–Crippen LogP) is 4.14. The minimum atomic E-state index is -0.0692. The Morgan fingerprint density at radius 3 is 2.64 bits per heavy atom. The summed E-state index contributed by atoms with van der Waals surface area (Å²) >= 11 is 1.59. The maximum atomic E-state index is 13.3. The van der Waals surface area contributed by atoms with Crippen LogP contribution in [0.1, 0.15) is 54.9 Å². The van der Waals surface area contributed by atoms with Crippen LogP contribution in [-0.4, -0.2) is 28.8 Å². The summed E-state index contributed by atoms with van der Waals surface area (Å²) < 4.78 is 12.5. The van der Waals surface area contributed by atoms with Gasteiger partial charge in [-0.1, -0.05) is 31.1 Å². The molecule has 4 rings (SSSR count). The molecule has 0 atom stereocenters. The Hall–Kier alpha value is -2.41. The first-order valence-corrected chi connectivity index (χ1v) is 10.6. The molecule has 148 valence electrons. The van der Waals surface area contributed by atoms with Crippen LogP contribution in [0.25, 0.3) is 10.3 Å². The van der Waals surface area contributed by atoms with E-state index in [2.05, 4.69) is 0 Å². The minimum Gasteiger partial charge on any atom is -0.497 e. The molecule has 1 aromatic carbocycles. The number of aromatic nitrogens is 3. The Kier molecular flexibility index (Phi) is 5.35. The van der Waals surface area contributed by atoms with Crippen molar-refractivity contribution in [2.75, 3.05) is 14.2 Å². The molecule has 2 aromatic heterocycles. The summed E-state index contributed by atoms with van der Waals surface area (Å²) in [5.74, 6) is 2.67. The molecule has 0 spiro atoms. The number of benzene rings is 1. The van der Waals surface area contributed by atoms with E-state index in [9.17, 15) is 4.79 Å². The molecule has 1 fully saturated rings. The molecule has 0 radical (unpaired) electrons. The summed E-state index contributed by atoms with van der Waals surface area (Å²) in [7, 11) is 3.24. The summed E-state index contributed by atoms with van der Waals surface area (Å²) in [6.07, 6.45) is 5.50. The fourth-order valence-corrected chi connectivity index (χ4v) is 5.02. The van der Waals surface area contributed by atoms with Gasteiger partial charge < -0.3 is 9.47 Å². The van der Waals surface area contributed by atoms with Crippen molar-refractivity contribution in [2.24, 2.45) is 0 Å². The van der Waals surface area contributed by atoms with Crippen LogP contribution in [0, 0.1) is 0 Å². The number of hydrogen-bond acceptors (Lipinski definition) is 6. The van der Waals surface area contributed by atoms with Crippen molar-refractivity contribution in [1.82, 2.24) is 14.5 Å². The molecule has 0 bridgehead atoms. The lowest BCUT2D eigenvalue weighted by Crippen LogP contribution is -2.26. The van der Waals surface area contributed by atoms with E-state index >= 15 is 0 Å². The van der Waals surface area contributed by atoms with E-state index in [1.165, 1.54) is 12.8 Å². The summed E-state index contributed by atoms with van der Waals surface area (Å²) in [6, 6.07) is 5.64. The monoisotopic (exact) mass is 399 g/mol. The molecule has 1 aliphatic rings. The van der Waals surface area contributed by atoms with Gasteiger partial charge in [0, 0.05) is 24.0 Å². The van der Waals surface area contributed by atoms with Crippen molar-refractivity contribution in [3.05, 3.63) is 44.9 Å². The zero-order valence-corrected chi connectivity index (χ0v) is 17.3. The largest absolute Gasteiger partial charge is 0.497 e. The van der Waals surface area contributed by atoms with E-state index in [4.69, 9.17) is 19.4 Å². The molecule has 0 amide bonds. The number of aryl methyl sites for hydroxylation is 1. The third kappa shape index (κ3) is 3.39. The second kappa shape index (κ2) is 7.91. The van der Waals surface area contributed by atoms with Gasteiger partial charge in [0.2, 0.25) is 0 Å². The lowest BCUT2D eigenvalue weighted by molar-refractivity contribution is 0.390. The summed E-state index contributed by atoms with van der Waals surface area (Å²) in [4.78, 5) is 23.5. The van der Waals surface area contributed by atoms with Crippen LogP contribution in [0.15, 0.2) is 23.0 Å². The van der Waals surface area contributed by atoms with E-state index in [-0.39, 0.29) is 5.56 Å². The van der Waals surface area contributed by atoms with Crippen molar-refractivity contribution in [1.29, 1.82) is 0 Å². The average molecular weight is 400 g/mol. The molecular formula is C21H25N3O3S. The number of rotatable bonds is 6. The lowest BCUT2D eigenvalue weighted by atomic mass is 10.1. The van der Waals surface area contributed by atoms with E-state index in [0.717, 1.165) is 39.8 Å². The van der Waals surface area contributed by atoms with Crippen LogP contribution >= 0.6 is 11.3 Å². The highest BCUT2D eigenvalue weighted by atomic mass is 32.1. The molecule has 6 nitrogen and oxygen atoms in total. The SMILES string of the molecule is CCc1nc2sc(C3CCCC3)nc2c(=O)n1Cc1ccc(OC)cc1OC. The molecule has 0 unspecified atom stereocenters. The van der Waals surface area contributed by atoms with Crippen LogP contribution < -0.4 is 15.0 Å². The smallest absolute Gasteiger partial charge is 0.281 e. The normalized spacial score (nSPS) is 14.7. The average Bonchev–Trinajstić information content (AvgIpc) is 3.39. The van der Waals surface area contributed by atoms with E-state index in [0.29, 0.717) is 30.1 Å². The highest BCUT2D eigenvalue weighted by Gasteiger charge is 2.23. The van der Waals surface area contributed by atoms with Crippen LogP contribution in [0.2, 0.25) is 0 Å². The third-order valence-corrected chi connectivity index (χ3v) is 6.57. The Morgan fingerprint density at radius 2 is 1.96 bits per heavy atom. The second-order valence-corrected chi connectivity index (χ2v) is 8.15. The Balaban J connectivity index is 1.78. The number of nitrogens with zero attached hydrogens (tertiary/aromatic N) is 3. The summed E-state index contributed by atoms with van der Waals surface area (Å²) in [6.45, 7) is 2.42. The van der Waals surface area contributed by atoms with Crippen LogP contribution in [-0.2, 0) is 13.0 Å². The topological polar surface area (TPSA) is 66.2 Å². The highest BCUT2D eigenvalue weighted by molar-refractivity contribution is 7.18. The van der Waals surface area contributed by atoms with Crippen molar-refractivity contribution in [3.63, 3.8) is 0 Å². The fourth-order valence-electron chi connectivity index (χ4n) is 3.90. The summed E-state index contributed by atoms with van der Waals surface area (Å²) in [5, 5.41) is 1.07. The van der Waals surface area contributed by atoms with Gasteiger partial charge in [-0.2, -0.15) is 0 Å². The Labute approximate surface area is 168 Å². The molecule has 1 aliphatic carbocycles. The van der Waals surface area contributed by atoms with Gasteiger partial charge >= 0.3 is 0 Å². The number of fused-ring (bicyclic) bond motifs is 1. The maximum Gasteiger partial charge on any atom is 0.281 e. The van der Waals surface area contributed by atoms with Gasteiger partial charge in [-0.05, 0) is 25.0 Å². The highest BCUT2D eigenvalue weighted by Crippen LogP contribution is 2.37. The molecule has 0 saturated heterocycles. The van der Waals surface area contributed by atoms with E-state index in [1.807, 2.05) is 25.1 Å². The van der Waals surface area contributed by atoms with Gasteiger partial charge in [0.25, 0.3) is 5.56 Å². The molecule has 1 saturated carbocycles. The van der Waals surface area contributed by atoms with Crippen molar-refractivity contribution < 1.29 is 9.47 Å². The fraction of sp³-hybridized carbons (Fsp3) is 0.476. The van der Waals surface area contributed by atoms with Crippen LogP contribution in [0.5, 0.6) is 11.5 Å². The first-order valence-electron chi connectivity index (χ1n) is 9.75.